The molecule has 7 nitrogen and oxygen atoms in total. The second-order valence-electron chi connectivity index (χ2n) is 5.54. The fourth-order valence-electron chi connectivity index (χ4n) is 2.80. The van der Waals surface area contributed by atoms with Gasteiger partial charge in [0.05, 0.1) is 24.6 Å². The number of hydrogen-bond donors (Lipinski definition) is 1. The number of ether oxygens (including phenoxy) is 1. The minimum atomic E-state index is -3.11. The molecule has 0 aliphatic carbocycles. The van der Waals surface area contributed by atoms with Crippen molar-refractivity contribution in [3.05, 3.63) is 11.3 Å². The first kappa shape index (κ1) is 16.3. The van der Waals surface area contributed by atoms with Gasteiger partial charge < -0.3 is 10.1 Å². The Hall–Kier alpha value is -1.12. The van der Waals surface area contributed by atoms with E-state index in [-0.39, 0.29) is 6.04 Å². The molecular formula is C13H24N4O3S. The van der Waals surface area contributed by atoms with Gasteiger partial charge in [-0.05, 0) is 19.8 Å². The molecule has 8 heteroatoms. The van der Waals surface area contributed by atoms with E-state index in [0.717, 1.165) is 30.0 Å². The molecule has 0 spiro atoms. The number of piperidine rings is 1. The van der Waals surface area contributed by atoms with E-state index in [1.54, 1.807) is 16.1 Å². The van der Waals surface area contributed by atoms with Crippen molar-refractivity contribution in [3.63, 3.8) is 0 Å². The maximum Gasteiger partial charge on any atom is 0.216 e. The molecule has 1 aliphatic heterocycles. The summed E-state index contributed by atoms with van der Waals surface area (Å²) in [6.45, 7) is 3.72. The SMILES string of the molecule is COc1c(CNC2CCCN(S(C)(=O)=O)C2)c(C)nn1C. The van der Waals surface area contributed by atoms with Crippen LogP contribution in [0, 0.1) is 6.92 Å². The van der Waals surface area contributed by atoms with Gasteiger partial charge in [-0.15, -0.1) is 0 Å². The molecule has 0 saturated carbocycles. The summed E-state index contributed by atoms with van der Waals surface area (Å²) < 4.78 is 31.9. The number of rotatable bonds is 5. The Labute approximate surface area is 126 Å². The highest BCUT2D eigenvalue weighted by Gasteiger charge is 2.26. The molecule has 1 aromatic heterocycles. The van der Waals surface area contributed by atoms with Crippen LogP contribution in [-0.2, 0) is 23.6 Å². The number of aromatic nitrogens is 2. The van der Waals surface area contributed by atoms with Crippen molar-refractivity contribution in [2.75, 3.05) is 26.5 Å². The summed E-state index contributed by atoms with van der Waals surface area (Å²) in [4.78, 5) is 0. The number of sulfonamides is 1. The summed E-state index contributed by atoms with van der Waals surface area (Å²) in [6.07, 6.45) is 3.13. The summed E-state index contributed by atoms with van der Waals surface area (Å²) in [6, 6.07) is 0.165. The number of hydrogen-bond acceptors (Lipinski definition) is 5. The van der Waals surface area contributed by atoms with E-state index >= 15 is 0 Å². The van der Waals surface area contributed by atoms with E-state index in [1.807, 2.05) is 14.0 Å². The summed E-state index contributed by atoms with van der Waals surface area (Å²) >= 11 is 0. The van der Waals surface area contributed by atoms with Gasteiger partial charge in [0, 0.05) is 32.7 Å². The van der Waals surface area contributed by atoms with Crippen molar-refractivity contribution >= 4 is 10.0 Å². The second kappa shape index (κ2) is 6.33. The molecule has 21 heavy (non-hydrogen) atoms. The molecule has 2 rings (SSSR count). The van der Waals surface area contributed by atoms with Gasteiger partial charge in [0.1, 0.15) is 0 Å². The highest BCUT2D eigenvalue weighted by molar-refractivity contribution is 7.88. The summed E-state index contributed by atoms with van der Waals surface area (Å²) in [5.74, 6) is 0.746. The Bertz CT molecular complexity index is 597. The van der Waals surface area contributed by atoms with Crippen LogP contribution >= 0.6 is 0 Å². The van der Waals surface area contributed by atoms with Crippen LogP contribution in [0.1, 0.15) is 24.1 Å². The van der Waals surface area contributed by atoms with Crippen LogP contribution in [0.5, 0.6) is 5.88 Å². The third-order valence-corrected chi connectivity index (χ3v) is 5.17. The summed E-state index contributed by atoms with van der Waals surface area (Å²) in [7, 11) is 0.373. The second-order valence-corrected chi connectivity index (χ2v) is 7.52. The molecule has 1 aliphatic rings. The van der Waals surface area contributed by atoms with Gasteiger partial charge >= 0.3 is 0 Å². The lowest BCUT2D eigenvalue weighted by molar-refractivity contribution is 0.282. The monoisotopic (exact) mass is 316 g/mol. The van der Waals surface area contributed by atoms with Crippen molar-refractivity contribution < 1.29 is 13.2 Å². The Morgan fingerprint density at radius 3 is 2.81 bits per heavy atom. The Morgan fingerprint density at radius 2 is 2.19 bits per heavy atom. The molecule has 1 unspecified atom stereocenters. The zero-order valence-corrected chi connectivity index (χ0v) is 13.9. The molecular weight excluding hydrogens is 292 g/mol. The predicted octanol–water partition coefficient (Wildman–Crippen LogP) is 0.251. The summed E-state index contributed by atoms with van der Waals surface area (Å²) in [5.41, 5.74) is 1.95. The minimum absolute atomic E-state index is 0.165. The molecule has 1 fully saturated rings. The van der Waals surface area contributed by atoms with Gasteiger partial charge in [-0.1, -0.05) is 0 Å². The standard InChI is InChI=1S/C13H24N4O3S/c1-10-12(13(20-3)16(2)15-10)8-14-11-6-5-7-17(9-11)21(4,18)19/h11,14H,5-9H2,1-4H3. The quantitative estimate of drug-likeness (QED) is 0.843. The third-order valence-electron chi connectivity index (χ3n) is 3.90. The van der Waals surface area contributed by atoms with Crippen LogP contribution in [0.15, 0.2) is 0 Å². The lowest BCUT2D eigenvalue weighted by Gasteiger charge is -2.31. The van der Waals surface area contributed by atoms with E-state index < -0.39 is 10.0 Å². The van der Waals surface area contributed by atoms with Gasteiger partial charge in [-0.25, -0.2) is 17.4 Å². The maximum absolute atomic E-state index is 11.6. The lowest BCUT2D eigenvalue weighted by Crippen LogP contribution is -2.47. The van der Waals surface area contributed by atoms with E-state index in [1.165, 1.54) is 6.26 Å². The first-order valence-electron chi connectivity index (χ1n) is 7.08. The third kappa shape index (κ3) is 3.75. The Balaban J connectivity index is 2.00. The van der Waals surface area contributed by atoms with Crippen molar-refractivity contribution in [1.29, 1.82) is 0 Å². The highest BCUT2D eigenvalue weighted by atomic mass is 32.2. The molecule has 0 bridgehead atoms. The number of nitrogens with zero attached hydrogens (tertiary/aromatic N) is 3. The van der Waals surface area contributed by atoms with Gasteiger partial charge in [-0.3, -0.25) is 0 Å². The van der Waals surface area contributed by atoms with E-state index in [4.69, 9.17) is 4.74 Å². The van der Waals surface area contributed by atoms with Crippen molar-refractivity contribution in [3.8, 4) is 5.88 Å². The maximum atomic E-state index is 11.6. The average molecular weight is 316 g/mol. The van der Waals surface area contributed by atoms with E-state index in [0.29, 0.717) is 19.6 Å². The van der Waals surface area contributed by atoms with Gasteiger partial charge in [0.2, 0.25) is 15.9 Å². The van der Waals surface area contributed by atoms with Crippen LogP contribution in [0.3, 0.4) is 0 Å². The molecule has 1 saturated heterocycles. The van der Waals surface area contributed by atoms with Crippen LogP contribution in [-0.4, -0.2) is 55.0 Å². The molecule has 2 heterocycles. The van der Waals surface area contributed by atoms with Gasteiger partial charge in [0.15, 0.2) is 0 Å². The van der Waals surface area contributed by atoms with Gasteiger partial charge in [0.25, 0.3) is 0 Å². The number of aryl methyl sites for hydroxylation is 2. The minimum Gasteiger partial charge on any atom is -0.481 e. The average Bonchev–Trinajstić information content (AvgIpc) is 2.69. The van der Waals surface area contributed by atoms with Crippen molar-refractivity contribution in [2.24, 2.45) is 7.05 Å². The van der Waals surface area contributed by atoms with Crippen LogP contribution in [0.4, 0.5) is 0 Å². The number of methoxy groups -OCH3 is 1. The first-order chi connectivity index (χ1) is 9.82. The molecule has 1 N–H and O–H groups in total. The first-order valence-corrected chi connectivity index (χ1v) is 8.92. The van der Waals surface area contributed by atoms with Crippen molar-refractivity contribution in [1.82, 2.24) is 19.4 Å². The smallest absolute Gasteiger partial charge is 0.216 e. The zero-order valence-electron chi connectivity index (χ0n) is 13.1. The van der Waals surface area contributed by atoms with Gasteiger partial charge in [-0.2, -0.15) is 5.10 Å². The largest absolute Gasteiger partial charge is 0.481 e. The molecule has 0 aromatic carbocycles. The molecule has 1 atom stereocenters. The fraction of sp³-hybridized carbons (Fsp3) is 0.769. The number of nitrogens with one attached hydrogen (secondary N) is 1. The lowest BCUT2D eigenvalue weighted by atomic mass is 10.1. The van der Waals surface area contributed by atoms with E-state index in [2.05, 4.69) is 10.4 Å². The van der Waals surface area contributed by atoms with E-state index in [9.17, 15) is 8.42 Å². The molecule has 0 amide bonds. The normalized spacial score (nSPS) is 20.7. The highest BCUT2D eigenvalue weighted by Crippen LogP contribution is 2.21. The van der Waals surface area contributed by atoms with Crippen LogP contribution < -0.4 is 10.1 Å². The molecule has 1 aromatic rings. The summed E-state index contributed by atoms with van der Waals surface area (Å²) in [5, 5.41) is 7.77. The molecule has 120 valence electrons. The fourth-order valence-corrected chi connectivity index (χ4v) is 3.71. The van der Waals surface area contributed by atoms with Crippen LogP contribution in [0.25, 0.3) is 0 Å². The Morgan fingerprint density at radius 1 is 1.48 bits per heavy atom. The Kier molecular flexibility index (Phi) is 4.90. The molecule has 0 radical (unpaired) electrons. The zero-order chi connectivity index (χ0) is 15.6. The topological polar surface area (TPSA) is 76.5 Å². The van der Waals surface area contributed by atoms with Crippen molar-refractivity contribution in [2.45, 2.75) is 32.4 Å². The predicted molar refractivity (Wildman–Crippen MR) is 80.8 cm³/mol. The van der Waals surface area contributed by atoms with Crippen LogP contribution in [0.2, 0.25) is 0 Å².